The lowest BCUT2D eigenvalue weighted by Crippen LogP contribution is -2.41. The van der Waals surface area contributed by atoms with Crippen LogP contribution in [0.25, 0.3) is 0 Å². The minimum Gasteiger partial charge on any atom is -0.202 e. The predicted molar refractivity (Wildman–Crippen MR) is 61.8 cm³/mol. The second kappa shape index (κ2) is 6.25. The standard InChI is InChI=1S/C10H20N2O2S/c1-2-3-8-11-15(13,14)12-9-6-4-5-7-10-12/h2,11H,1,3-10H2. The first-order valence-electron chi connectivity index (χ1n) is 5.52. The number of nitrogens with one attached hydrogen (secondary N) is 1. The van der Waals surface area contributed by atoms with E-state index in [9.17, 15) is 8.42 Å². The Hall–Kier alpha value is -0.390. The molecule has 88 valence electrons. The Bertz CT molecular complexity index is 280. The topological polar surface area (TPSA) is 49.4 Å². The van der Waals surface area contributed by atoms with Gasteiger partial charge in [-0.25, -0.2) is 4.72 Å². The highest BCUT2D eigenvalue weighted by molar-refractivity contribution is 7.87. The molecular weight excluding hydrogens is 212 g/mol. The van der Waals surface area contributed by atoms with Gasteiger partial charge in [-0.3, -0.25) is 0 Å². The van der Waals surface area contributed by atoms with Crippen LogP contribution < -0.4 is 4.72 Å². The van der Waals surface area contributed by atoms with E-state index in [1.54, 1.807) is 10.4 Å². The van der Waals surface area contributed by atoms with Crippen molar-refractivity contribution in [3.8, 4) is 0 Å². The fraction of sp³-hybridized carbons (Fsp3) is 0.800. The van der Waals surface area contributed by atoms with Crippen LogP contribution in [0.5, 0.6) is 0 Å². The minimum absolute atomic E-state index is 0.447. The van der Waals surface area contributed by atoms with Gasteiger partial charge in [0.2, 0.25) is 0 Å². The Kier molecular flexibility index (Phi) is 5.28. The summed E-state index contributed by atoms with van der Waals surface area (Å²) < 4.78 is 27.7. The van der Waals surface area contributed by atoms with Gasteiger partial charge >= 0.3 is 0 Å². The van der Waals surface area contributed by atoms with Crippen molar-refractivity contribution in [3.05, 3.63) is 12.7 Å². The van der Waals surface area contributed by atoms with Crippen LogP contribution >= 0.6 is 0 Å². The molecule has 0 spiro atoms. The molecule has 1 rings (SSSR count). The van der Waals surface area contributed by atoms with E-state index in [1.165, 1.54) is 0 Å². The number of rotatable bonds is 5. The van der Waals surface area contributed by atoms with Crippen LogP contribution in [0.3, 0.4) is 0 Å². The molecule has 5 heteroatoms. The molecule has 1 saturated heterocycles. The van der Waals surface area contributed by atoms with Gasteiger partial charge in [-0.05, 0) is 19.3 Å². The summed E-state index contributed by atoms with van der Waals surface area (Å²) in [6.07, 6.45) is 6.61. The molecular formula is C10H20N2O2S. The third-order valence-electron chi connectivity index (χ3n) is 2.54. The number of nitrogens with zero attached hydrogens (tertiary/aromatic N) is 1. The van der Waals surface area contributed by atoms with Gasteiger partial charge in [-0.2, -0.15) is 12.7 Å². The van der Waals surface area contributed by atoms with Crippen molar-refractivity contribution in [2.45, 2.75) is 32.1 Å². The number of hydrogen-bond acceptors (Lipinski definition) is 2. The van der Waals surface area contributed by atoms with Crippen LogP contribution in [0.1, 0.15) is 32.1 Å². The Morgan fingerprint density at radius 2 is 1.80 bits per heavy atom. The SMILES string of the molecule is C=CCCNS(=O)(=O)N1CCCCCC1. The normalized spacial score (nSPS) is 19.7. The van der Waals surface area contributed by atoms with E-state index in [1.807, 2.05) is 0 Å². The largest absolute Gasteiger partial charge is 0.279 e. The van der Waals surface area contributed by atoms with Crippen molar-refractivity contribution in [1.82, 2.24) is 9.03 Å². The molecule has 0 aliphatic carbocycles. The second-order valence-electron chi connectivity index (χ2n) is 3.79. The molecule has 0 saturated carbocycles. The molecule has 1 fully saturated rings. The molecule has 1 N–H and O–H groups in total. The zero-order valence-corrected chi connectivity index (χ0v) is 9.93. The summed E-state index contributed by atoms with van der Waals surface area (Å²) >= 11 is 0. The maximum atomic E-state index is 11.8. The average molecular weight is 232 g/mol. The zero-order valence-electron chi connectivity index (χ0n) is 9.11. The first kappa shape index (κ1) is 12.7. The molecule has 0 unspecified atom stereocenters. The monoisotopic (exact) mass is 232 g/mol. The average Bonchev–Trinajstić information content (AvgIpc) is 2.46. The van der Waals surface area contributed by atoms with Crippen LogP contribution in [0, 0.1) is 0 Å². The second-order valence-corrected chi connectivity index (χ2v) is 5.55. The molecule has 0 radical (unpaired) electrons. The highest BCUT2D eigenvalue weighted by Crippen LogP contribution is 2.12. The lowest BCUT2D eigenvalue weighted by Gasteiger charge is -2.19. The minimum atomic E-state index is -3.24. The highest BCUT2D eigenvalue weighted by Gasteiger charge is 2.21. The van der Waals surface area contributed by atoms with Gasteiger partial charge < -0.3 is 0 Å². The van der Waals surface area contributed by atoms with E-state index >= 15 is 0 Å². The number of hydrogen-bond donors (Lipinski definition) is 1. The Labute approximate surface area is 92.5 Å². The molecule has 0 amide bonds. The fourth-order valence-corrected chi connectivity index (χ4v) is 2.96. The van der Waals surface area contributed by atoms with E-state index in [-0.39, 0.29) is 0 Å². The highest BCUT2D eigenvalue weighted by atomic mass is 32.2. The molecule has 15 heavy (non-hydrogen) atoms. The van der Waals surface area contributed by atoms with Crippen LogP contribution in [0.2, 0.25) is 0 Å². The van der Waals surface area contributed by atoms with Crippen molar-refractivity contribution < 1.29 is 8.42 Å². The summed E-state index contributed by atoms with van der Waals surface area (Å²) in [7, 11) is -3.24. The van der Waals surface area contributed by atoms with Crippen molar-refractivity contribution >= 4 is 10.2 Å². The maximum Gasteiger partial charge on any atom is 0.279 e. The van der Waals surface area contributed by atoms with Crippen LogP contribution in [-0.4, -0.2) is 32.4 Å². The van der Waals surface area contributed by atoms with Crippen LogP contribution in [0.15, 0.2) is 12.7 Å². The lowest BCUT2D eigenvalue weighted by atomic mass is 10.2. The van der Waals surface area contributed by atoms with Gasteiger partial charge in [-0.1, -0.05) is 18.9 Å². The van der Waals surface area contributed by atoms with Crippen molar-refractivity contribution in [2.24, 2.45) is 0 Å². The van der Waals surface area contributed by atoms with Gasteiger partial charge in [0.1, 0.15) is 0 Å². The van der Waals surface area contributed by atoms with E-state index < -0.39 is 10.2 Å². The van der Waals surface area contributed by atoms with Crippen molar-refractivity contribution in [3.63, 3.8) is 0 Å². The van der Waals surface area contributed by atoms with E-state index in [0.717, 1.165) is 25.7 Å². The third-order valence-corrected chi connectivity index (χ3v) is 4.15. The van der Waals surface area contributed by atoms with E-state index in [2.05, 4.69) is 11.3 Å². The zero-order chi connectivity index (χ0) is 11.1. The van der Waals surface area contributed by atoms with Gasteiger partial charge in [-0.15, -0.1) is 6.58 Å². The third kappa shape index (κ3) is 4.32. The summed E-state index contributed by atoms with van der Waals surface area (Å²) in [6.45, 7) is 5.32. The van der Waals surface area contributed by atoms with E-state index in [0.29, 0.717) is 26.1 Å². The van der Waals surface area contributed by atoms with Gasteiger partial charge in [0, 0.05) is 19.6 Å². The summed E-state index contributed by atoms with van der Waals surface area (Å²) in [5.74, 6) is 0. The summed E-state index contributed by atoms with van der Waals surface area (Å²) in [5.41, 5.74) is 0. The molecule has 0 aromatic rings. The molecule has 1 aliphatic rings. The van der Waals surface area contributed by atoms with Crippen molar-refractivity contribution in [2.75, 3.05) is 19.6 Å². The predicted octanol–water partition coefficient (Wildman–Crippen LogP) is 1.27. The molecule has 1 aliphatic heterocycles. The Morgan fingerprint density at radius 1 is 1.20 bits per heavy atom. The summed E-state index contributed by atoms with van der Waals surface area (Å²) in [6, 6.07) is 0. The van der Waals surface area contributed by atoms with Gasteiger partial charge in [0.15, 0.2) is 0 Å². The smallest absolute Gasteiger partial charge is 0.202 e. The Morgan fingerprint density at radius 3 is 2.33 bits per heavy atom. The van der Waals surface area contributed by atoms with Crippen LogP contribution in [0.4, 0.5) is 0 Å². The van der Waals surface area contributed by atoms with Gasteiger partial charge in [0.05, 0.1) is 0 Å². The lowest BCUT2D eigenvalue weighted by molar-refractivity contribution is 0.415. The fourth-order valence-electron chi connectivity index (χ4n) is 1.66. The molecule has 0 atom stereocenters. The molecule has 1 heterocycles. The van der Waals surface area contributed by atoms with Gasteiger partial charge in [0.25, 0.3) is 10.2 Å². The quantitative estimate of drug-likeness (QED) is 0.573. The molecule has 4 nitrogen and oxygen atoms in total. The first-order valence-corrected chi connectivity index (χ1v) is 6.96. The summed E-state index contributed by atoms with van der Waals surface area (Å²) in [5, 5.41) is 0. The van der Waals surface area contributed by atoms with Crippen molar-refractivity contribution in [1.29, 1.82) is 0 Å². The van der Waals surface area contributed by atoms with E-state index in [4.69, 9.17) is 0 Å². The maximum absolute atomic E-state index is 11.8. The molecule has 0 aromatic heterocycles. The van der Waals surface area contributed by atoms with Crippen LogP contribution in [-0.2, 0) is 10.2 Å². The molecule has 0 bridgehead atoms. The first-order chi connectivity index (χ1) is 7.17. The Balaban J connectivity index is 2.47. The summed E-state index contributed by atoms with van der Waals surface area (Å²) in [4.78, 5) is 0. The molecule has 0 aromatic carbocycles.